The number of methoxy groups -OCH3 is 2. The third kappa shape index (κ3) is 2.39. The quantitative estimate of drug-likeness (QED) is 0.871. The summed E-state index contributed by atoms with van der Waals surface area (Å²) in [5.74, 6) is -0.936. The van der Waals surface area contributed by atoms with Gasteiger partial charge >= 0.3 is 5.97 Å². The van der Waals surface area contributed by atoms with Gasteiger partial charge in [-0.3, -0.25) is 0 Å². The van der Waals surface area contributed by atoms with Gasteiger partial charge in [0, 0.05) is 12.3 Å². The standard InChI is InChI=1S/C14H12FN3O3/c1-20-11-4-3-9(15)5-10(11)18-7-8(6-16)12(17)13(18)14(19)21-2/h3-5,7H,17H2,1-2H3. The highest BCUT2D eigenvalue weighted by Gasteiger charge is 2.23. The highest BCUT2D eigenvalue weighted by atomic mass is 19.1. The average molecular weight is 289 g/mol. The van der Waals surface area contributed by atoms with Crippen molar-refractivity contribution in [3.05, 3.63) is 41.5 Å². The maximum Gasteiger partial charge on any atom is 0.357 e. The highest BCUT2D eigenvalue weighted by Crippen LogP contribution is 2.30. The normalized spacial score (nSPS) is 10.0. The van der Waals surface area contributed by atoms with E-state index < -0.39 is 11.8 Å². The number of nitrogens with two attached hydrogens (primary N) is 1. The minimum Gasteiger partial charge on any atom is -0.495 e. The molecule has 2 aromatic rings. The zero-order chi connectivity index (χ0) is 15.6. The van der Waals surface area contributed by atoms with Crippen LogP contribution in [-0.2, 0) is 4.74 Å². The minimum absolute atomic E-state index is 0.0318. The van der Waals surface area contributed by atoms with E-state index >= 15 is 0 Å². The zero-order valence-corrected chi connectivity index (χ0v) is 11.4. The predicted molar refractivity (Wildman–Crippen MR) is 72.7 cm³/mol. The molecule has 7 heteroatoms. The van der Waals surface area contributed by atoms with E-state index in [1.54, 1.807) is 0 Å². The van der Waals surface area contributed by atoms with Gasteiger partial charge in [0.05, 0.1) is 31.2 Å². The second-order valence-corrected chi connectivity index (χ2v) is 4.09. The molecule has 0 bridgehead atoms. The van der Waals surface area contributed by atoms with E-state index in [1.807, 2.05) is 6.07 Å². The van der Waals surface area contributed by atoms with Crippen LogP contribution in [0.3, 0.4) is 0 Å². The Balaban J connectivity index is 2.78. The Morgan fingerprint density at radius 1 is 1.43 bits per heavy atom. The maximum absolute atomic E-state index is 13.5. The number of halogens is 1. The molecular formula is C14H12FN3O3. The first-order chi connectivity index (χ1) is 10.0. The van der Waals surface area contributed by atoms with Crippen LogP contribution >= 0.6 is 0 Å². The smallest absolute Gasteiger partial charge is 0.357 e. The number of benzene rings is 1. The van der Waals surface area contributed by atoms with Crippen LogP contribution in [0.5, 0.6) is 5.75 Å². The maximum atomic E-state index is 13.5. The number of nitriles is 1. The monoisotopic (exact) mass is 289 g/mol. The first-order valence-electron chi connectivity index (χ1n) is 5.86. The molecule has 0 amide bonds. The van der Waals surface area contributed by atoms with Crippen molar-refractivity contribution in [2.75, 3.05) is 20.0 Å². The summed E-state index contributed by atoms with van der Waals surface area (Å²) in [7, 11) is 2.60. The van der Waals surface area contributed by atoms with Gasteiger partial charge in [-0.25, -0.2) is 9.18 Å². The molecule has 1 heterocycles. The van der Waals surface area contributed by atoms with E-state index in [0.29, 0.717) is 5.75 Å². The molecule has 2 rings (SSSR count). The number of carbonyl (C=O) groups excluding carboxylic acids is 1. The lowest BCUT2D eigenvalue weighted by molar-refractivity contribution is 0.0593. The predicted octanol–water partition coefficient (Wildman–Crippen LogP) is 1.87. The fourth-order valence-corrected chi connectivity index (χ4v) is 1.96. The van der Waals surface area contributed by atoms with Crippen LogP contribution in [0.15, 0.2) is 24.4 Å². The number of esters is 1. The second kappa shape index (κ2) is 5.54. The van der Waals surface area contributed by atoms with Gasteiger partial charge in [-0.05, 0) is 12.1 Å². The van der Waals surface area contributed by atoms with E-state index in [9.17, 15) is 9.18 Å². The summed E-state index contributed by atoms with van der Waals surface area (Å²) in [5.41, 5.74) is 6.02. The summed E-state index contributed by atoms with van der Waals surface area (Å²) in [6.45, 7) is 0. The van der Waals surface area contributed by atoms with E-state index in [4.69, 9.17) is 15.7 Å². The third-order valence-electron chi connectivity index (χ3n) is 2.94. The average Bonchev–Trinajstić information content (AvgIpc) is 2.83. The molecule has 6 nitrogen and oxygen atoms in total. The molecule has 1 aromatic heterocycles. The van der Waals surface area contributed by atoms with Crippen LogP contribution in [-0.4, -0.2) is 24.8 Å². The number of ether oxygens (including phenoxy) is 2. The molecule has 108 valence electrons. The van der Waals surface area contributed by atoms with Crippen LogP contribution in [0.2, 0.25) is 0 Å². The van der Waals surface area contributed by atoms with Crippen molar-refractivity contribution in [1.29, 1.82) is 5.26 Å². The Bertz CT molecular complexity index is 747. The molecule has 2 N–H and O–H groups in total. The number of nitrogens with zero attached hydrogens (tertiary/aromatic N) is 2. The Morgan fingerprint density at radius 3 is 2.71 bits per heavy atom. The van der Waals surface area contributed by atoms with Crippen molar-refractivity contribution in [3.63, 3.8) is 0 Å². The molecule has 0 spiro atoms. The van der Waals surface area contributed by atoms with Crippen molar-refractivity contribution < 1.29 is 18.7 Å². The Kier molecular flexibility index (Phi) is 3.80. The topological polar surface area (TPSA) is 90.3 Å². The molecular weight excluding hydrogens is 277 g/mol. The third-order valence-corrected chi connectivity index (χ3v) is 2.94. The second-order valence-electron chi connectivity index (χ2n) is 4.09. The van der Waals surface area contributed by atoms with E-state index in [2.05, 4.69) is 4.74 Å². The van der Waals surface area contributed by atoms with E-state index in [-0.39, 0.29) is 22.6 Å². The molecule has 0 radical (unpaired) electrons. The number of rotatable bonds is 3. The van der Waals surface area contributed by atoms with Crippen LogP contribution in [0.25, 0.3) is 5.69 Å². The van der Waals surface area contributed by atoms with Crippen molar-refractivity contribution >= 4 is 11.7 Å². The number of carbonyl (C=O) groups is 1. The van der Waals surface area contributed by atoms with Crippen molar-refractivity contribution in [2.24, 2.45) is 0 Å². The molecule has 0 aliphatic heterocycles. The number of nitrogen functional groups attached to an aromatic ring is 1. The number of hydrogen-bond acceptors (Lipinski definition) is 5. The van der Waals surface area contributed by atoms with Crippen molar-refractivity contribution in [2.45, 2.75) is 0 Å². The summed E-state index contributed by atoms with van der Waals surface area (Å²) < 4.78 is 24.6. The van der Waals surface area contributed by atoms with Crippen molar-refractivity contribution in [1.82, 2.24) is 4.57 Å². The molecule has 0 aliphatic carbocycles. The number of hydrogen-bond donors (Lipinski definition) is 1. The van der Waals surface area contributed by atoms with Crippen LogP contribution in [0.1, 0.15) is 16.1 Å². The van der Waals surface area contributed by atoms with Crippen LogP contribution in [0.4, 0.5) is 10.1 Å². The molecule has 0 atom stereocenters. The fourth-order valence-electron chi connectivity index (χ4n) is 1.96. The summed E-state index contributed by atoms with van der Waals surface area (Å²) in [4.78, 5) is 11.9. The van der Waals surface area contributed by atoms with Gasteiger partial charge in [-0.1, -0.05) is 0 Å². The van der Waals surface area contributed by atoms with Gasteiger partial charge < -0.3 is 19.8 Å². The molecule has 1 aromatic carbocycles. The Labute approximate surface area is 120 Å². The molecule has 0 fully saturated rings. The lowest BCUT2D eigenvalue weighted by atomic mass is 10.2. The van der Waals surface area contributed by atoms with Gasteiger partial charge in [0.1, 0.15) is 17.6 Å². The molecule has 0 saturated heterocycles. The summed E-state index contributed by atoms with van der Waals surface area (Å²) in [5, 5.41) is 9.04. The van der Waals surface area contributed by atoms with Gasteiger partial charge in [0.2, 0.25) is 0 Å². The van der Waals surface area contributed by atoms with Crippen LogP contribution in [0, 0.1) is 17.1 Å². The lowest BCUT2D eigenvalue weighted by Gasteiger charge is -2.12. The first kappa shape index (κ1) is 14.4. The minimum atomic E-state index is -0.736. The number of anilines is 1. The Hall–Kier alpha value is -3.01. The molecule has 21 heavy (non-hydrogen) atoms. The molecule has 0 unspecified atom stereocenters. The van der Waals surface area contributed by atoms with Gasteiger partial charge in [-0.2, -0.15) is 5.26 Å². The highest BCUT2D eigenvalue weighted by molar-refractivity contribution is 5.96. The zero-order valence-electron chi connectivity index (χ0n) is 11.4. The van der Waals surface area contributed by atoms with Gasteiger partial charge in [-0.15, -0.1) is 0 Å². The van der Waals surface area contributed by atoms with Gasteiger partial charge in [0.25, 0.3) is 0 Å². The summed E-state index contributed by atoms with van der Waals surface area (Å²) >= 11 is 0. The number of aromatic nitrogens is 1. The summed E-state index contributed by atoms with van der Waals surface area (Å²) in [6.07, 6.45) is 1.33. The first-order valence-corrected chi connectivity index (χ1v) is 5.86. The lowest BCUT2D eigenvalue weighted by Crippen LogP contribution is -2.11. The summed E-state index contributed by atoms with van der Waals surface area (Å²) in [6, 6.07) is 5.67. The van der Waals surface area contributed by atoms with Crippen molar-refractivity contribution in [3.8, 4) is 17.5 Å². The molecule has 0 saturated carbocycles. The largest absolute Gasteiger partial charge is 0.495 e. The van der Waals surface area contributed by atoms with Gasteiger partial charge in [0.15, 0.2) is 5.69 Å². The Morgan fingerprint density at radius 2 is 2.14 bits per heavy atom. The molecule has 0 aliphatic rings. The van der Waals surface area contributed by atoms with E-state index in [0.717, 1.165) is 0 Å². The fraction of sp³-hybridized carbons (Fsp3) is 0.143. The van der Waals surface area contributed by atoms with Crippen LogP contribution < -0.4 is 10.5 Å². The SMILES string of the molecule is COC(=O)c1c(N)c(C#N)cn1-c1cc(F)ccc1OC. The van der Waals surface area contributed by atoms with E-state index in [1.165, 1.54) is 43.2 Å².